The molecule has 0 spiro atoms. The van der Waals surface area contributed by atoms with E-state index in [9.17, 15) is 4.79 Å². The number of carbonyl (C=O) groups is 1. The molecule has 3 saturated carbocycles. The van der Waals surface area contributed by atoms with Crippen LogP contribution in [0.1, 0.15) is 99.8 Å². The Hall–Kier alpha value is -0.530. The molecule has 0 bridgehead atoms. The minimum atomic E-state index is -0.388. The molecule has 2 nitrogen and oxygen atoms in total. The minimum absolute atomic E-state index is 0.0650. The zero-order valence-electron chi connectivity index (χ0n) is 18.4. The topological polar surface area (TPSA) is 26.3 Å². The summed E-state index contributed by atoms with van der Waals surface area (Å²) in [6, 6.07) is 0. The van der Waals surface area contributed by atoms with Crippen molar-refractivity contribution in [1.82, 2.24) is 0 Å². The van der Waals surface area contributed by atoms with Gasteiger partial charge in [-0.05, 0) is 108 Å². The van der Waals surface area contributed by atoms with E-state index in [4.69, 9.17) is 4.74 Å². The van der Waals surface area contributed by atoms with Crippen molar-refractivity contribution in [2.75, 3.05) is 0 Å². The fourth-order valence-electron chi connectivity index (χ4n) is 7.12. The van der Waals surface area contributed by atoms with Gasteiger partial charge in [-0.15, -0.1) is 0 Å². The Morgan fingerprint density at radius 3 is 2.35 bits per heavy atom. The van der Waals surface area contributed by atoms with E-state index < -0.39 is 0 Å². The number of carbonyl (C=O) groups excluding carboxylic acids is 1. The predicted molar refractivity (Wildman–Crippen MR) is 108 cm³/mol. The number of hydrogen-bond acceptors (Lipinski definition) is 2. The normalized spacial score (nSPS) is 43.5. The number of fused-ring (bicyclic) bond motifs is 3. The summed E-state index contributed by atoms with van der Waals surface area (Å²) in [5, 5.41) is 0. The maximum absolute atomic E-state index is 13.2. The number of esters is 1. The lowest BCUT2D eigenvalue weighted by Gasteiger charge is -2.61. The average molecular weight is 363 g/mol. The predicted octanol–water partition coefficient (Wildman–Crippen LogP) is 6.62. The maximum Gasteiger partial charge on any atom is 0.312 e. The highest BCUT2D eigenvalue weighted by atomic mass is 16.6. The molecule has 0 aromatic carbocycles. The van der Waals surface area contributed by atoms with Crippen LogP contribution in [0.5, 0.6) is 0 Å². The van der Waals surface area contributed by atoms with Gasteiger partial charge in [0.25, 0.3) is 0 Å². The Labute approximate surface area is 161 Å². The molecule has 0 amide bonds. The summed E-state index contributed by atoms with van der Waals surface area (Å²) in [7, 11) is 0. The molecular formula is C24H42O2. The van der Waals surface area contributed by atoms with Crippen molar-refractivity contribution < 1.29 is 9.53 Å². The molecule has 6 atom stereocenters. The second kappa shape index (κ2) is 6.82. The van der Waals surface area contributed by atoms with Gasteiger partial charge in [-0.3, -0.25) is 4.79 Å². The van der Waals surface area contributed by atoms with Crippen LogP contribution in [-0.2, 0) is 9.53 Å². The number of rotatable bonds is 2. The summed E-state index contributed by atoms with van der Waals surface area (Å²) >= 11 is 0. The van der Waals surface area contributed by atoms with E-state index in [0.29, 0.717) is 11.3 Å². The average Bonchev–Trinajstić information content (AvgIpc) is 2.52. The van der Waals surface area contributed by atoms with Crippen molar-refractivity contribution >= 4 is 5.97 Å². The van der Waals surface area contributed by atoms with Gasteiger partial charge < -0.3 is 4.74 Å². The highest BCUT2D eigenvalue weighted by Gasteiger charge is 2.60. The van der Waals surface area contributed by atoms with Gasteiger partial charge in [0, 0.05) is 0 Å². The molecule has 0 aromatic rings. The van der Waals surface area contributed by atoms with E-state index in [-0.39, 0.29) is 17.0 Å². The molecule has 3 fully saturated rings. The van der Waals surface area contributed by atoms with Crippen LogP contribution in [0.3, 0.4) is 0 Å². The zero-order valence-corrected chi connectivity index (χ0v) is 18.4. The van der Waals surface area contributed by atoms with Crippen molar-refractivity contribution in [2.45, 2.75) is 105 Å². The Bertz CT molecular complexity index is 531. The highest BCUT2D eigenvalue weighted by Crippen LogP contribution is 2.64. The Balaban J connectivity index is 1.83. The van der Waals surface area contributed by atoms with Crippen molar-refractivity contribution in [3.63, 3.8) is 0 Å². The Kier molecular flexibility index (Phi) is 5.30. The minimum Gasteiger partial charge on any atom is -0.460 e. The van der Waals surface area contributed by atoms with Gasteiger partial charge in [0.15, 0.2) is 0 Å². The standard InChI is InChI=1S/C24H42O2/c1-16(2)17-9-11-19-18(15-17)10-12-20-23(19,6)13-8-14-24(20,7)21(25)26-22(3,4)5/h16-20H,8-15H2,1-7H3/t17?,18?,19-,20?,23+,24+/m0/s1. The molecule has 3 unspecified atom stereocenters. The van der Waals surface area contributed by atoms with Crippen molar-refractivity contribution in [2.24, 2.45) is 40.4 Å². The third-order valence-corrected chi connectivity index (χ3v) is 8.48. The third-order valence-electron chi connectivity index (χ3n) is 8.48. The summed E-state index contributed by atoms with van der Waals surface area (Å²) in [5.74, 6) is 4.00. The molecule has 0 N–H and O–H groups in total. The second-order valence-electron chi connectivity index (χ2n) is 11.6. The van der Waals surface area contributed by atoms with Gasteiger partial charge in [0.2, 0.25) is 0 Å². The van der Waals surface area contributed by atoms with E-state index in [1.165, 1.54) is 44.9 Å². The molecule has 0 radical (unpaired) electrons. The molecule has 150 valence electrons. The molecule has 0 aliphatic heterocycles. The van der Waals surface area contributed by atoms with Gasteiger partial charge in [-0.2, -0.15) is 0 Å². The lowest BCUT2D eigenvalue weighted by Crippen LogP contribution is -2.56. The van der Waals surface area contributed by atoms with Crippen molar-refractivity contribution in [3.05, 3.63) is 0 Å². The molecule has 0 saturated heterocycles. The zero-order chi connectivity index (χ0) is 19.3. The Morgan fingerprint density at radius 1 is 1.04 bits per heavy atom. The van der Waals surface area contributed by atoms with Crippen molar-refractivity contribution in [1.29, 1.82) is 0 Å². The van der Waals surface area contributed by atoms with Crippen LogP contribution in [-0.4, -0.2) is 11.6 Å². The van der Waals surface area contributed by atoms with Crippen LogP contribution >= 0.6 is 0 Å². The van der Waals surface area contributed by atoms with Crippen LogP contribution in [0.2, 0.25) is 0 Å². The second-order valence-corrected chi connectivity index (χ2v) is 11.6. The lowest BCUT2D eigenvalue weighted by atomic mass is 9.43. The third kappa shape index (κ3) is 3.47. The molecular weight excluding hydrogens is 320 g/mol. The summed E-state index contributed by atoms with van der Waals surface area (Å²) < 4.78 is 5.92. The van der Waals surface area contributed by atoms with E-state index >= 15 is 0 Å². The van der Waals surface area contributed by atoms with Gasteiger partial charge in [0.05, 0.1) is 5.41 Å². The van der Waals surface area contributed by atoms with Crippen LogP contribution in [0.25, 0.3) is 0 Å². The van der Waals surface area contributed by atoms with E-state index in [1.807, 2.05) is 20.8 Å². The first-order valence-electron chi connectivity index (χ1n) is 11.2. The lowest BCUT2D eigenvalue weighted by molar-refractivity contribution is -0.189. The van der Waals surface area contributed by atoms with E-state index in [0.717, 1.165) is 30.1 Å². The van der Waals surface area contributed by atoms with Gasteiger partial charge >= 0.3 is 5.97 Å². The summed E-state index contributed by atoms with van der Waals surface area (Å²) in [4.78, 5) is 13.2. The quantitative estimate of drug-likeness (QED) is 0.516. The molecule has 0 aromatic heterocycles. The summed E-state index contributed by atoms with van der Waals surface area (Å²) in [6.45, 7) is 15.6. The first-order chi connectivity index (χ1) is 12.0. The molecule has 0 heterocycles. The van der Waals surface area contributed by atoms with Gasteiger partial charge in [-0.1, -0.05) is 27.2 Å². The van der Waals surface area contributed by atoms with E-state index in [2.05, 4.69) is 27.7 Å². The van der Waals surface area contributed by atoms with Gasteiger partial charge in [-0.25, -0.2) is 0 Å². The molecule has 2 heteroatoms. The fraction of sp³-hybridized carbons (Fsp3) is 0.958. The summed E-state index contributed by atoms with van der Waals surface area (Å²) in [5.41, 5.74) is -0.352. The molecule has 26 heavy (non-hydrogen) atoms. The number of hydrogen-bond donors (Lipinski definition) is 0. The van der Waals surface area contributed by atoms with E-state index in [1.54, 1.807) is 0 Å². The molecule has 3 aliphatic carbocycles. The number of ether oxygens (including phenoxy) is 1. The monoisotopic (exact) mass is 362 g/mol. The van der Waals surface area contributed by atoms with Crippen LogP contribution in [0.4, 0.5) is 0 Å². The van der Waals surface area contributed by atoms with Crippen molar-refractivity contribution in [3.8, 4) is 0 Å². The largest absolute Gasteiger partial charge is 0.460 e. The first-order valence-corrected chi connectivity index (χ1v) is 11.2. The SMILES string of the molecule is CC(C)C1CC[C@H]2C(CCC3[C@](C)(C(=O)OC(C)(C)C)CCC[C@@]32C)C1. The molecule has 3 aliphatic rings. The Morgan fingerprint density at radius 2 is 1.73 bits per heavy atom. The highest BCUT2D eigenvalue weighted by molar-refractivity contribution is 5.77. The summed E-state index contributed by atoms with van der Waals surface area (Å²) in [6.07, 6.45) is 10.2. The van der Waals surface area contributed by atoms with Crippen LogP contribution < -0.4 is 0 Å². The fourth-order valence-corrected chi connectivity index (χ4v) is 7.12. The van der Waals surface area contributed by atoms with Crippen LogP contribution in [0, 0.1) is 40.4 Å². The molecule has 3 rings (SSSR count). The maximum atomic E-state index is 13.2. The van der Waals surface area contributed by atoms with Gasteiger partial charge in [0.1, 0.15) is 5.60 Å². The smallest absolute Gasteiger partial charge is 0.312 e. The first kappa shape index (κ1) is 20.2. The van der Waals surface area contributed by atoms with Crippen LogP contribution in [0.15, 0.2) is 0 Å².